The number of hydrogen-bond donors (Lipinski definition) is 0. The molecule has 23 heavy (non-hydrogen) atoms. The first-order valence-corrected chi connectivity index (χ1v) is 9.57. The third-order valence-corrected chi connectivity index (χ3v) is 4.68. The Hall–Kier alpha value is -1.40. The maximum Gasteiger partial charge on any atom is 0.305 e. The summed E-state index contributed by atoms with van der Waals surface area (Å²) in [6.07, 6.45) is 6.99. The standard InChI is InChI=1S/C17H26O5S/c1-2-3-4-5-6-10-13-17(18)21-14-15-22-23(19,20)16-11-8-7-9-12-16/h7-9,11-12H,2-6,10,13-15H2,1H3. The van der Waals surface area contributed by atoms with E-state index in [0.29, 0.717) is 6.42 Å². The van der Waals surface area contributed by atoms with Gasteiger partial charge in [0.2, 0.25) is 0 Å². The fraction of sp³-hybridized carbons (Fsp3) is 0.588. The fourth-order valence-electron chi connectivity index (χ4n) is 2.08. The second-order valence-corrected chi connectivity index (χ2v) is 6.94. The summed E-state index contributed by atoms with van der Waals surface area (Å²) in [6, 6.07) is 7.89. The summed E-state index contributed by atoms with van der Waals surface area (Å²) in [5.41, 5.74) is 0. The monoisotopic (exact) mass is 342 g/mol. The third-order valence-electron chi connectivity index (χ3n) is 3.35. The second kappa shape index (κ2) is 11.2. The highest BCUT2D eigenvalue weighted by atomic mass is 32.2. The van der Waals surface area contributed by atoms with E-state index in [9.17, 15) is 13.2 Å². The number of unbranched alkanes of at least 4 members (excludes halogenated alkanes) is 5. The summed E-state index contributed by atoms with van der Waals surface area (Å²) in [7, 11) is -3.78. The largest absolute Gasteiger partial charge is 0.463 e. The van der Waals surface area contributed by atoms with Crippen molar-refractivity contribution >= 4 is 16.1 Å². The molecular formula is C17H26O5S. The molecule has 0 aromatic heterocycles. The van der Waals surface area contributed by atoms with Crippen molar-refractivity contribution in [3.8, 4) is 0 Å². The highest BCUT2D eigenvalue weighted by Crippen LogP contribution is 2.11. The van der Waals surface area contributed by atoms with Crippen LogP contribution in [0.25, 0.3) is 0 Å². The minimum atomic E-state index is -3.78. The average molecular weight is 342 g/mol. The molecular weight excluding hydrogens is 316 g/mol. The predicted octanol–water partition coefficient (Wildman–Crippen LogP) is 3.69. The number of hydrogen-bond acceptors (Lipinski definition) is 5. The Kier molecular flexibility index (Phi) is 9.55. The highest BCUT2D eigenvalue weighted by Gasteiger charge is 2.14. The van der Waals surface area contributed by atoms with Crippen LogP contribution < -0.4 is 0 Å². The first-order valence-electron chi connectivity index (χ1n) is 8.16. The van der Waals surface area contributed by atoms with Gasteiger partial charge in [-0.2, -0.15) is 8.42 Å². The van der Waals surface area contributed by atoms with Gasteiger partial charge in [0.1, 0.15) is 13.2 Å². The lowest BCUT2D eigenvalue weighted by molar-refractivity contribution is -0.144. The molecule has 0 spiro atoms. The summed E-state index contributed by atoms with van der Waals surface area (Å²) in [5, 5.41) is 0. The Labute approximate surface area is 139 Å². The molecule has 1 rings (SSSR count). The number of esters is 1. The lowest BCUT2D eigenvalue weighted by atomic mass is 10.1. The Balaban J connectivity index is 2.11. The van der Waals surface area contributed by atoms with Crippen LogP contribution in [0.3, 0.4) is 0 Å². The normalized spacial score (nSPS) is 11.3. The topological polar surface area (TPSA) is 69.7 Å². The van der Waals surface area contributed by atoms with Crippen molar-refractivity contribution in [2.24, 2.45) is 0 Å². The number of carbonyl (C=O) groups excluding carboxylic acids is 1. The van der Waals surface area contributed by atoms with Gasteiger partial charge in [-0.05, 0) is 18.6 Å². The molecule has 1 aromatic carbocycles. The van der Waals surface area contributed by atoms with Crippen LogP contribution in [0.4, 0.5) is 0 Å². The molecule has 6 heteroatoms. The second-order valence-electron chi connectivity index (χ2n) is 5.33. The molecule has 1 aromatic rings. The van der Waals surface area contributed by atoms with Gasteiger partial charge in [0.15, 0.2) is 0 Å². The van der Waals surface area contributed by atoms with Crippen LogP contribution in [0.1, 0.15) is 51.9 Å². The van der Waals surface area contributed by atoms with Gasteiger partial charge in [0.25, 0.3) is 10.1 Å². The Morgan fingerprint density at radius 1 is 0.957 bits per heavy atom. The van der Waals surface area contributed by atoms with Gasteiger partial charge in [-0.1, -0.05) is 57.2 Å². The van der Waals surface area contributed by atoms with Gasteiger partial charge in [0, 0.05) is 6.42 Å². The molecule has 0 aliphatic rings. The zero-order valence-corrected chi connectivity index (χ0v) is 14.5. The Bertz CT molecular complexity index is 539. The molecule has 0 fully saturated rings. The van der Waals surface area contributed by atoms with E-state index in [1.165, 1.54) is 31.4 Å². The summed E-state index contributed by atoms with van der Waals surface area (Å²) >= 11 is 0. The molecule has 0 saturated carbocycles. The minimum Gasteiger partial charge on any atom is -0.463 e. The van der Waals surface area contributed by atoms with E-state index < -0.39 is 10.1 Å². The van der Waals surface area contributed by atoms with E-state index in [1.807, 2.05) is 0 Å². The quantitative estimate of drug-likeness (QED) is 0.329. The summed E-state index contributed by atoms with van der Waals surface area (Å²) < 4.78 is 33.4. The fourth-order valence-corrected chi connectivity index (χ4v) is 2.99. The van der Waals surface area contributed by atoms with Crippen LogP contribution in [-0.4, -0.2) is 27.6 Å². The summed E-state index contributed by atoms with van der Waals surface area (Å²) in [6.45, 7) is 1.94. The number of benzene rings is 1. The van der Waals surface area contributed by atoms with Crippen LogP contribution in [-0.2, 0) is 23.8 Å². The molecule has 0 saturated heterocycles. The van der Waals surface area contributed by atoms with Crippen molar-refractivity contribution in [2.75, 3.05) is 13.2 Å². The van der Waals surface area contributed by atoms with Crippen LogP contribution >= 0.6 is 0 Å². The molecule has 0 bridgehead atoms. The van der Waals surface area contributed by atoms with Crippen molar-refractivity contribution < 1.29 is 22.1 Å². The number of rotatable bonds is 12. The van der Waals surface area contributed by atoms with Crippen LogP contribution in [0.2, 0.25) is 0 Å². The minimum absolute atomic E-state index is 0.0548. The zero-order valence-electron chi connectivity index (χ0n) is 13.7. The maximum absolute atomic E-state index is 11.8. The highest BCUT2D eigenvalue weighted by molar-refractivity contribution is 7.86. The molecule has 130 valence electrons. The lowest BCUT2D eigenvalue weighted by Gasteiger charge is -2.07. The number of ether oxygens (including phenoxy) is 1. The summed E-state index contributed by atoms with van der Waals surface area (Å²) in [5.74, 6) is -0.304. The molecule has 0 aliphatic carbocycles. The van der Waals surface area contributed by atoms with Crippen molar-refractivity contribution in [3.05, 3.63) is 30.3 Å². The first-order chi connectivity index (χ1) is 11.1. The van der Waals surface area contributed by atoms with Crippen LogP contribution in [0, 0.1) is 0 Å². The Morgan fingerprint density at radius 3 is 2.30 bits per heavy atom. The van der Waals surface area contributed by atoms with Gasteiger partial charge in [0.05, 0.1) is 4.90 Å². The lowest BCUT2D eigenvalue weighted by Crippen LogP contribution is -2.14. The van der Waals surface area contributed by atoms with E-state index in [4.69, 9.17) is 8.92 Å². The van der Waals surface area contributed by atoms with Gasteiger partial charge in [-0.3, -0.25) is 8.98 Å². The zero-order chi connectivity index (χ0) is 17.0. The van der Waals surface area contributed by atoms with Gasteiger partial charge >= 0.3 is 5.97 Å². The molecule has 0 radical (unpaired) electrons. The third kappa shape index (κ3) is 8.71. The van der Waals surface area contributed by atoms with E-state index in [-0.39, 0.29) is 24.1 Å². The van der Waals surface area contributed by atoms with Crippen LogP contribution in [0.5, 0.6) is 0 Å². The summed E-state index contributed by atoms with van der Waals surface area (Å²) in [4.78, 5) is 11.6. The molecule has 0 atom stereocenters. The van der Waals surface area contributed by atoms with E-state index >= 15 is 0 Å². The molecule has 0 unspecified atom stereocenters. The molecule has 5 nitrogen and oxygen atoms in total. The van der Waals surface area contributed by atoms with Gasteiger partial charge in [-0.15, -0.1) is 0 Å². The Morgan fingerprint density at radius 2 is 1.61 bits per heavy atom. The molecule has 0 amide bonds. The van der Waals surface area contributed by atoms with Crippen molar-refractivity contribution in [1.29, 1.82) is 0 Å². The maximum atomic E-state index is 11.8. The van der Waals surface area contributed by atoms with Gasteiger partial charge < -0.3 is 4.74 Å². The van der Waals surface area contributed by atoms with Gasteiger partial charge in [-0.25, -0.2) is 0 Å². The smallest absolute Gasteiger partial charge is 0.305 e. The SMILES string of the molecule is CCCCCCCCC(=O)OCCOS(=O)(=O)c1ccccc1. The van der Waals surface area contributed by atoms with Crippen molar-refractivity contribution in [1.82, 2.24) is 0 Å². The van der Waals surface area contributed by atoms with Crippen molar-refractivity contribution in [3.63, 3.8) is 0 Å². The average Bonchev–Trinajstić information content (AvgIpc) is 2.56. The predicted molar refractivity (Wildman–Crippen MR) is 88.5 cm³/mol. The first kappa shape index (κ1) is 19.6. The van der Waals surface area contributed by atoms with E-state index in [0.717, 1.165) is 19.3 Å². The van der Waals surface area contributed by atoms with E-state index in [2.05, 4.69) is 6.92 Å². The molecule has 0 heterocycles. The van der Waals surface area contributed by atoms with Crippen molar-refractivity contribution in [2.45, 2.75) is 56.8 Å². The molecule has 0 aliphatic heterocycles. The number of carbonyl (C=O) groups is 1. The van der Waals surface area contributed by atoms with E-state index in [1.54, 1.807) is 18.2 Å². The molecule has 0 N–H and O–H groups in total. The van der Waals surface area contributed by atoms with Crippen LogP contribution in [0.15, 0.2) is 35.2 Å².